The van der Waals surface area contributed by atoms with Crippen molar-refractivity contribution in [3.63, 3.8) is 0 Å². The van der Waals surface area contributed by atoms with E-state index in [0.717, 1.165) is 5.56 Å². The van der Waals surface area contributed by atoms with Gasteiger partial charge in [0.1, 0.15) is 0 Å². The Labute approximate surface area is 115 Å². The third-order valence-corrected chi connectivity index (χ3v) is 3.73. The second-order valence-electron chi connectivity index (χ2n) is 4.81. The highest BCUT2D eigenvalue weighted by Gasteiger charge is 2.39. The zero-order chi connectivity index (χ0) is 14.3. The lowest BCUT2D eigenvalue weighted by molar-refractivity contribution is -0.159. The molecule has 1 atom stereocenters. The van der Waals surface area contributed by atoms with Crippen molar-refractivity contribution in [3.8, 4) is 0 Å². The topological polar surface area (TPSA) is 46.5 Å². The first kappa shape index (κ1) is 15.7. The van der Waals surface area contributed by atoms with Crippen molar-refractivity contribution in [3.05, 3.63) is 35.9 Å². The molecule has 19 heavy (non-hydrogen) atoms. The van der Waals surface area contributed by atoms with Gasteiger partial charge in [0.15, 0.2) is 0 Å². The molecular weight excluding hydrogens is 240 g/mol. The van der Waals surface area contributed by atoms with Crippen molar-refractivity contribution in [2.45, 2.75) is 45.6 Å². The summed E-state index contributed by atoms with van der Waals surface area (Å²) in [6, 6.07) is 9.76. The van der Waals surface area contributed by atoms with Crippen LogP contribution < -0.4 is 0 Å². The number of carbonyl (C=O) groups excluding carboxylic acids is 1. The number of esters is 1. The van der Waals surface area contributed by atoms with Crippen molar-refractivity contribution in [2.24, 2.45) is 5.92 Å². The molecule has 0 radical (unpaired) electrons. The van der Waals surface area contributed by atoms with Gasteiger partial charge in [-0.25, -0.2) is 0 Å². The second kappa shape index (κ2) is 7.29. The van der Waals surface area contributed by atoms with Crippen LogP contribution in [0.25, 0.3) is 0 Å². The van der Waals surface area contributed by atoms with Crippen molar-refractivity contribution >= 4 is 5.97 Å². The second-order valence-corrected chi connectivity index (χ2v) is 4.81. The normalized spacial score (nSPS) is 13.1. The van der Waals surface area contributed by atoms with Gasteiger partial charge < -0.3 is 9.84 Å². The lowest BCUT2D eigenvalue weighted by atomic mass is 9.79. The van der Waals surface area contributed by atoms with Crippen LogP contribution in [0.3, 0.4) is 0 Å². The zero-order valence-corrected chi connectivity index (χ0v) is 12.1. The summed E-state index contributed by atoms with van der Waals surface area (Å²) in [5, 5.41) is 10.6. The highest BCUT2D eigenvalue weighted by molar-refractivity contribution is 5.74. The van der Waals surface area contributed by atoms with E-state index in [9.17, 15) is 9.90 Å². The van der Waals surface area contributed by atoms with E-state index in [0.29, 0.717) is 25.9 Å². The first-order valence-corrected chi connectivity index (χ1v) is 7.00. The van der Waals surface area contributed by atoms with E-state index < -0.39 is 11.5 Å². The number of hydrogen-bond donors (Lipinski definition) is 1. The Morgan fingerprint density at radius 2 is 1.79 bits per heavy atom. The summed E-state index contributed by atoms with van der Waals surface area (Å²) in [6.45, 7) is 5.93. The molecule has 1 N–H and O–H groups in total. The Kier molecular flexibility index (Phi) is 6.03. The predicted molar refractivity (Wildman–Crippen MR) is 75.8 cm³/mol. The number of hydrogen-bond acceptors (Lipinski definition) is 3. The molecular formula is C16H24O3. The highest BCUT2D eigenvalue weighted by Crippen LogP contribution is 2.29. The van der Waals surface area contributed by atoms with Crippen LogP contribution in [-0.2, 0) is 16.0 Å². The molecule has 0 bridgehead atoms. The average molecular weight is 264 g/mol. The van der Waals surface area contributed by atoms with Gasteiger partial charge in [-0.05, 0) is 31.7 Å². The Bertz CT molecular complexity index is 382. The maximum Gasteiger partial charge on any atom is 0.312 e. The fraction of sp³-hybridized carbons (Fsp3) is 0.562. The Morgan fingerprint density at radius 3 is 2.26 bits per heavy atom. The van der Waals surface area contributed by atoms with Crippen molar-refractivity contribution in [1.82, 2.24) is 0 Å². The van der Waals surface area contributed by atoms with Gasteiger partial charge in [0, 0.05) is 0 Å². The van der Waals surface area contributed by atoms with E-state index in [2.05, 4.69) is 0 Å². The Morgan fingerprint density at radius 1 is 1.21 bits per heavy atom. The van der Waals surface area contributed by atoms with Gasteiger partial charge in [-0.3, -0.25) is 4.79 Å². The number of rotatable bonds is 7. The summed E-state index contributed by atoms with van der Waals surface area (Å²) in [6.07, 6.45) is 1.59. The number of carbonyl (C=O) groups is 1. The van der Waals surface area contributed by atoms with Crippen LogP contribution in [0.4, 0.5) is 0 Å². The molecule has 0 spiro atoms. The third-order valence-electron chi connectivity index (χ3n) is 3.73. The monoisotopic (exact) mass is 264 g/mol. The van der Waals surface area contributed by atoms with Gasteiger partial charge in [-0.2, -0.15) is 0 Å². The molecule has 1 rings (SSSR count). The standard InChI is InChI=1S/C16H24O3/c1-4-16(18,5-2)14(15(17)19-6-3)12-13-10-8-7-9-11-13/h7-11,14,18H,4-6,12H2,1-3H3/t14-/m0/s1. The van der Waals surface area contributed by atoms with Crippen LogP contribution >= 0.6 is 0 Å². The summed E-state index contributed by atoms with van der Waals surface area (Å²) in [7, 11) is 0. The highest BCUT2D eigenvalue weighted by atomic mass is 16.5. The molecule has 106 valence electrons. The van der Waals surface area contributed by atoms with Crippen molar-refractivity contribution in [1.29, 1.82) is 0 Å². The molecule has 0 amide bonds. The van der Waals surface area contributed by atoms with E-state index in [1.807, 2.05) is 44.2 Å². The molecule has 3 heteroatoms. The van der Waals surface area contributed by atoms with Crippen LogP contribution in [0.5, 0.6) is 0 Å². The molecule has 1 aromatic rings. The molecule has 0 aromatic heterocycles. The molecule has 0 fully saturated rings. The summed E-state index contributed by atoms with van der Waals surface area (Å²) >= 11 is 0. The van der Waals surface area contributed by atoms with E-state index in [-0.39, 0.29) is 5.97 Å². The Balaban J connectivity index is 2.95. The summed E-state index contributed by atoms with van der Waals surface area (Å²) < 4.78 is 5.13. The molecule has 0 aliphatic heterocycles. The third kappa shape index (κ3) is 4.06. The molecule has 0 aliphatic carbocycles. The van der Waals surface area contributed by atoms with Crippen LogP contribution in [0.15, 0.2) is 30.3 Å². The molecule has 3 nitrogen and oxygen atoms in total. The van der Waals surface area contributed by atoms with E-state index >= 15 is 0 Å². The van der Waals surface area contributed by atoms with Crippen molar-refractivity contribution in [2.75, 3.05) is 6.61 Å². The number of ether oxygens (including phenoxy) is 1. The minimum absolute atomic E-state index is 0.308. The lowest BCUT2D eigenvalue weighted by Crippen LogP contribution is -2.43. The van der Waals surface area contributed by atoms with Gasteiger partial charge in [0.05, 0.1) is 18.1 Å². The first-order chi connectivity index (χ1) is 9.07. The van der Waals surface area contributed by atoms with E-state index in [1.54, 1.807) is 6.92 Å². The summed E-state index contributed by atoms with van der Waals surface area (Å²) in [5.74, 6) is -0.817. The summed E-state index contributed by atoms with van der Waals surface area (Å²) in [5.41, 5.74) is 0.0446. The van der Waals surface area contributed by atoms with Gasteiger partial charge >= 0.3 is 5.97 Å². The minimum atomic E-state index is -0.998. The fourth-order valence-corrected chi connectivity index (χ4v) is 2.33. The van der Waals surface area contributed by atoms with Crippen LogP contribution in [-0.4, -0.2) is 23.3 Å². The molecule has 0 saturated heterocycles. The van der Waals surface area contributed by atoms with Crippen LogP contribution in [0, 0.1) is 5.92 Å². The molecule has 1 aromatic carbocycles. The van der Waals surface area contributed by atoms with E-state index in [4.69, 9.17) is 4.74 Å². The predicted octanol–water partition coefficient (Wildman–Crippen LogP) is 2.96. The van der Waals surface area contributed by atoms with Gasteiger partial charge in [0.25, 0.3) is 0 Å². The summed E-state index contributed by atoms with van der Waals surface area (Å²) in [4.78, 5) is 12.1. The first-order valence-electron chi connectivity index (χ1n) is 7.00. The molecule has 0 heterocycles. The maximum atomic E-state index is 12.1. The van der Waals surface area contributed by atoms with Gasteiger partial charge in [-0.15, -0.1) is 0 Å². The number of benzene rings is 1. The fourth-order valence-electron chi connectivity index (χ4n) is 2.33. The van der Waals surface area contributed by atoms with Gasteiger partial charge in [0.2, 0.25) is 0 Å². The quantitative estimate of drug-likeness (QED) is 0.770. The zero-order valence-electron chi connectivity index (χ0n) is 12.1. The number of aliphatic hydroxyl groups is 1. The Hall–Kier alpha value is -1.35. The molecule has 0 saturated carbocycles. The molecule has 0 aliphatic rings. The van der Waals surface area contributed by atoms with Crippen LogP contribution in [0.1, 0.15) is 39.2 Å². The van der Waals surface area contributed by atoms with Crippen molar-refractivity contribution < 1.29 is 14.6 Å². The van der Waals surface area contributed by atoms with Gasteiger partial charge in [-0.1, -0.05) is 44.2 Å². The average Bonchev–Trinajstić information content (AvgIpc) is 2.45. The lowest BCUT2D eigenvalue weighted by Gasteiger charge is -2.33. The maximum absolute atomic E-state index is 12.1. The SMILES string of the molecule is CCOC(=O)[C@H](Cc1ccccc1)C(O)(CC)CC. The smallest absolute Gasteiger partial charge is 0.312 e. The van der Waals surface area contributed by atoms with E-state index in [1.165, 1.54) is 0 Å². The van der Waals surface area contributed by atoms with Crippen LogP contribution in [0.2, 0.25) is 0 Å². The molecule has 0 unspecified atom stereocenters. The largest absolute Gasteiger partial charge is 0.466 e. The minimum Gasteiger partial charge on any atom is -0.466 e.